The maximum absolute atomic E-state index is 13.5. The molecule has 0 radical (unpaired) electrons. The number of benzene rings is 2. The zero-order valence-corrected chi connectivity index (χ0v) is 10.8. The number of allylic oxidation sites excluding steroid dienone is 1. The van der Waals surface area contributed by atoms with Crippen LogP contribution < -0.4 is 4.74 Å². The summed E-state index contributed by atoms with van der Waals surface area (Å²) in [5.74, 6) is -0.442. The van der Waals surface area contributed by atoms with E-state index in [2.05, 4.69) is 0 Å². The number of phenolic OH excluding ortho intramolecular Hbond substituents is 1. The molecule has 0 saturated carbocycles. The van der Waals surface area contributed by atoms with E-state index in [9.17, 15) is 9.18 Å². The molecule has 0 spiro atoms. The number of ether oxygens (including phenoxy) is 1. The van der Waals surface area contributed by atoms with Crippen LogP contribution in [0.1, 0.15) is 15.9 Å². The molecular formula is C16H13FO3. The Balaban J connectivity index is 2.14. The maximum Gasteiger partial charge on any atom is 0.185 e. The van der Waals surface area contributed by atoms with Gasteiger partial charge in [0, 0.05) is 5.56 Å². The molecule has 2 rings (SSSR count). The van der Waals surface area contributed by atoms with Crippen molar-refractivity contribution >= 4 is 11.9 Å². The Morgan fingerprint density at radius 1 is 1.20 bits per heavy atom. The second kappa shape index (κ2) is 6.02. The van der Waals surface area contributed by atoms with Crippen molar-refractivity contribution in [2.24, 2.45) is 0 Å². The molecule has 4 heteroatoms. The molecular weight excluding hydrogens is 259 g/mol. The number of halogens is 1. The van der Waals surface area contributed by atoms with Crippen molar-refractivity contribution in [2.45, 2.75) is 0 Å². The number of hydrogen-bond donors (Lipinski definition) is 1. The van der Waals surface area contributed by atoms with Crippen LogP contribution in [0.5, 0.6) is 11.5 Å². The first-order valence-corrected chi connectivity index (χ1v) is 5.95. The predicted molar refractivity (Wildman–Crippen MR) is 74.4 cm³/mol. The topological polar surface area (TPSA) is 46.5 Å². The second-order valence-electron chi connectivity index (χ2n) is 4.14. The lowest BCUT2D eigenvalue weighted by Gasteiger charge is -2.02. The van der Waals surface area contributed by atoms with Gasteiger partial charge in [-0.2, -0.15) is 0 Å². The molecule has 20 heavy (non-hydrogen) atoms. The van der Waals surface area contributed by atoms with Crippen LogP contribution in [0, 0.1) is 5.82 Å². The number of phenols is 1. The number of methoxy groups -OCH3 is 1. The number of aromatic hydroxyl groups is 1. The van der Waals surface area contributed by atoms with E-state index in [1.54, 1.807) is 6.07 Å². The van der Waals surface area contributed by atoms with Gasteiger partial charge in [0.1, 0.15) is 5.75 Å². The molecule has 0 aromatic heterocycles. The summed E-state index contributed by atoms with van der Waals surface area (Å²) in [6, 6.07) is 10.4. The van der Waals surface area contributed by atoms with Crippen LogP contribution in [0.3, 0.4) is 0 Å². The van der Waals surface area contributed by atoms with Gasteiger partial charge in [0.25, 0.3) is 0 Å². The summed E-state index contributed by atoms with van der Waals surface area (Å²) in [4.78, 5) is 11.9. The van der Waals surface area contributed by atoms with Gasteiger partial charge in [0.05, 0.1) is 7.11 Å². The normalized spacial score (nSPS) is 10.7. The standard InChI is InChI=1S/C16H13FO3/c1-20-16-9-3-11(10-14(16)17)2-8-15(19)12-4-6-13(18)7-5-12/h2-10,18H,1H3/b8-2+. The van der Waals surface area contributed by atoms with E-state index in [0.29, 0.717) is 11.1 Å². The number of carbonyl (C=O) groups excluding carboxylic acids is 1. The maximum atomic E-state index is 13.5. The van der Waals surface area contributed by atoms with Gasteiger partial charge in [-0.15, -0.1) is 0 Å². The van der Waals surface area contributed by atoms with Crippen LogP contribution >= 0.6 is 0 Å². The third-order valence-corrected chi connectivity index (χ3v) is 2.75. The van der Waals surface area contributed by atoms with Crippen molar-refractivity contribution in [1.82, 2.24) is 0 Å². The molecule has 1 N–H and O–H groups in total. The van der Waals surface area contributed by atoms with Crippen molar-refractivity contribution in [3.8, 4) is 11.5 Å². The average Bonchev–Trinajstić information content (AvgIpc) is 2.45. The van der Waals surface area contributed by atoms with Crippen LogP contribution in [-0.2, 0) is 0 Å². The molecule has 0 amide bonds. The number of rotatable bonds is 4. The van der Waals surface area contributed by atoms with Crippen LogP contribution in [-0.4, -0.2) is 18.0 Å². The summed E-state index contributed by atoms with van der Waals surface area (Å²) in [6.07, 6.45) is 2.88. The van der Waals surface area contributed by atoms with Crippen molar-refractivity contribution in [1.29, 1.82) is 0 Å². The van der Waals surface area contributed by atoms with Gasteiger partial charge in [-0.1, -0.05) is 12.1 Å². The molecule has 2 aromatic rings. The Morgan fingerprint density at radius 2 is 1.90 bits per heavy atom. The largest absolute Gasteiger partial charge is 0.508 e. The van der Waals surface area contributed by atoms with E-state index in [-0.39, 0.29) is 17.3 Å². The molecule has 0 aliphatic carbocycles. The van der Waals surface area contributed by atoms with Crippen LogP contribution in [0.15, 0.2) is 48.5 Å². The first-order valence-electron chi connectivity index (χ1n) is 5.95. The van der Waals surface area contributed by atoms with E-state index in [1.807, 2.05) is 0 Å². The van der Waals surface area contributed by atoms with Gasteiger partial charge in [0.2, 0.25) is 0 Å². The molecule has 3 nitrogen and oxygen atoms in total. The van der Waals surface area contributed by atoms with Gasteiger partial charge in [-0.05, 0) is 48.0 Å². The molecule has 0 bridgehead atoms. The minimum atomic E-state index is -0.480. The molecule has 0 saturated heterocycles. The summed E-state index contributed by atoms with van der Waals surface area (Å²) < 4.78 is 18.3. The molecule has 0 aliphatic heterocycles. The first kappa shape index (κ1) is 13.8. The van der Waals surface area contributed by atoms with E-state index >= 15 is 0 Å². The number of hydrogen-bond acceptors (Lipinski definition) is 3. The van der Waals surface area contributed by atoms with Crippen molar-refractivity contribution < 1.29 is 19.0 Å². The van der Waals surface area contributed by atoms with Gasteiger partial charge in [-0.3, -0.25) is 4.79 Å². The zero-order valence-electron chi connectivity index (χ0n) is 10.8. The fourth-order valence-electron chi connectivity index (χ4n) is 1.68. The summed E-state index contributed by atoms with van der Waals surface area (Å²) in [6.45, 7) is 0. The third kappa shape index (κ3) is 3.23. The van der Waals surface area contributed by atoms with Crippen molar-refractivity contribution in [3.05, 3.63) is 65.5 Å². The van der Waals surface area contributed by atoms with Crippen molar-refractivity contribution in [2.75, 3.05) is 7.11 Å². The fraction of sp³-hybridized carbons (Fsp3) is 0.0625. The Labute approximate surface area is 115 Å². The van der Waals surface area contributed by atoms with E-state index < -0.39 is 5.82 Å². The van der Waals surface area contributed by atoms with Gasteiger partial charge >= 0.3 is 0 Å². The highest BCUT2D eigenvalue weighted by atomic mass is 19.1. The minimum Gasteiger partial charge on any atom is -0.508 e. The lowest BCUT2D eigenvalue weighted by molar-refractivity contribution is 0.104. The molecule has 102 valence electrons. The molecule has 0 unspecified atom stereocenters. The van der Waals surface area contributed by atoms with Crippen LogP contribution in [0.25, 0.3) is 6.08 Å². The zero-order chi connectivity index (χ0) is 14.5. The minimum absolute atomic E-state index is 0.0998. The second-order valence-corrected chi connectivity index (χ2v) is 4.14. The average molecular weight is 272 g/mol. The highest BCUT2D eigenvalue weighted by Crippen LogP contribution is 2.18. The lowest BCUT2D eigenvalue weighted by atomic mass is 10.1. The smallest absolute Gasteiger partial charge is 0.185 e. The summed E-state index contributed by atoms with van der Waals surface area (Å²) in [5.41, 5.74) is 1.02. The van der Waals surface area contributed by atoms with E-state index in [4.69, 9.17) is 9.84 Å². The molecule has 0 aliphatic rings. The fourth-order valence-corrected chi connectivity index (χ4v) is 1.68. The lowest BCUT2D eigenvalue weighted by Crippen LogP contribution is -1.93. The quantitative estimate of drug-likeness (QED) is 0.685. The predicted octanol–water partition coefficient (Wildman–Crippen LogP) is 3.44. The summed E-state index contributed by atoms with van der Waals surface area (Å²) in [7, 11) is 1.39. The molecule has 0 fully saturated rings. The SMILES string of the molecule is COc1ccc(/C=C/C(=O)c2ccc(O)cc2)cc1F. The van der Waals surface area contributed by atoms with E-state index in [0.717, 1.165) is 0 Å². The highest BCUT2D eigenvalue weighted by Gasteiger charge is 2.03. The van der Waals surface area contributed by atoms with Crippen LogP contribution in [0.2, 0.25) is 0 Å². The number of carbonyl (C=O) groups is 1. The monoisotopic (exact) mass is 272 g/mol. The summed E-state index contributed by atoms with van der Waals surface area (Å²) >= 11 is 0. The van der Waals surface area contributed by atoms with Crippen LogP contribution in [0.4, 0.5) is 4.39 Å². The van der Waals surface area contributed by atoms with Gasteiger partial charge in [0.15, 0.2) is 17.3 Å². The number of ketones is 1. The first-order chi connectivity index (χ1) is 9.60. The molecule has 0 atom stereocenters. The Bertz CT molecular complexity index is 645. The van der Waals surface area contributed by atoms with Crippen molar-refractivity contribution in [3.63, 3.8) is 0 Å². The van der Waals surface area contributed by atoms with Gasteiger partial charge in [-0.25, -0.2) is 4.39 Å². The molecule has 2 aromatic carbocycles. The van der Waals surface area contributed by atoms with E-state index in [1.165, 1.54) is 55.7 Å². The van der Waals surface area contributed by atoms with Gasteiger partial charge < -0.3 is 9.84 Å². The Hall–Kier alpha value is -2.62. The molecule has 0 heterocycles. The summed E-state index contributed by atoms with van der Waals surface area (Å²) in [5, 5.41) is 9.14. The third-order valence-electron chi connectivity index (χ3n) is 2.75. The Kier molecular flexibility index (Phi) is 4.15. The highest BCUT2D eigenvalue weighted by molar-refractivity contribution is 6.06. The Morgan fingerprint density at radius 3 is 2.50 bits per heavy atom.